The van der Waals surface area contributed by atoms with Crippen molar-refractivity contribution in [2.45, 2.75) is 18.2 Å². The van der Waals surface area contributed by atoms with E-state index < -0.39 is 11.2 Å². The van der Waals surface area contributed by atoms with Gasteiger partial charge >= 0.3 is 0 Å². The van der Waals surface area contributed by atoms with Gasteiger partial charge in [0.1, 0.15) is 0 Å². The number of rotatable bonds is 4. The van der Waals surface area contributed by atoms with Gasteiger partial charge in [0.15, 0.2) is 5.17 Å². The van der Waals surface area contributed by atoms with Crippen LogP contribution in [0.5, 0.6) is 0 Å². The summed E-state index contributed by atoms with van der Waals surface area (Å²) < 4.78 is 0. The van der Waals surface area contributed by atoms with Gasteiger partial charge in [0, 0.05) is 11.4 Å². The lowest BCUT2D eigenvalue weighted by Crippen LogP contribution is -2.47. The van der Waals surface area contributed by atoms with Gasteiger partial charge in [-0.25, -0.2) is 4.99 Å². The van der Waals surface area contributed by atoms with Crippen LogP contribution in [0.15, 0.2) is 59.6 Å². The summed E-state index contributed by atoms with van der Waals surface area (Å²) in [7, 11) is 0. The molecule has 0 unspecified atom stereocenters. The van der Waals surface area contributed by atoms with Crippen molar-refractivity contribution in [3.8, 4) is 0 Å². The van der Waals surface area contributed by atoms with Crippen molar-refractivity contribution < 1.29 is 14.7 Å². The van der Waals surface area contributed by atoms with Crippen LogP contribution in [-0.2, 0) is 16.1 Å². The topological polar surface area (TPSA) is 72.8 Å². The van der Waals surface area contributed by atoms with Gasteiger partial charge in [-0.2, -0.15) is 0 Å². The number of carbonyl (C=O) groups excluding carboxylic acids is 2. The molecular formula is C18H14ClN2O3S-. The standard InChI is InChI=1S/C18H15ClN2O3S/c19-13-6-8-14(9-7-13)20-18-21(11-12-4-2-1-3-5-12)16(22)10-15(25-18)17(23)24/h1-9,15H,10-11H2,(H,23,24)/p-1/t15-/m0/s1. The highest BCUT2D eigenvalue weighted by atomic mass is 35.5. The maximum atomic E-state index is 12.5. The molecule has 0 bridgehead atoms. The predicted molar refractivity (Wildman–Crippen MR) is 96.5 cm³/mol. The van der Waals surface area contributed by atoms with Gasteiger partial charge in [-0.05, 0) is 29.8 Å². The molecule has 2 aromatic rings. The number of halogens is 1. The number of carboxylic acids is 1. The Hall–Kier alpha value is -2.31. The Labute approximate surface area is 154 Å². The SMILES string of the molecule is O=C([O-])[C@@H]1CC(=O)N(Cc2ccccc2)C(=Nc2ccc(Cl)cc2)S1. The molecule has 0 radical (unpaired) electrons. The largest absolute Gasteiger partial charge is 0.549 e. The molecule has 7 heteroatoms. The highest BCUT2D eigenvalue weighted by Gasteiger charge is 2.32. The molecule has 0 saturated carbocycles. The van der Waals surface area contributed by atoms with Crippen LogP contribution in [0.25, 0.3) is 0 Å². The number of aliphatic carboxylic acids is 1. The molecule has 1 atom stereocenters. The van der Waals surface area contributed by atoms with E-state index in [1.165, 1.54) is 4.90 Å². The van der Waals surface area contributed by atoms with Crippen LogP contribution in [0, 0.1) is 0 Å². The van der Waals surface area contributed by atoms with Crippen LogP contribution in [0.4, 0.5) is 5.69 Å². The molecule has 3 rings (SSSR count). The van der Waals surface area contributed by atoms with Gasteiger partial charge in [0.05, 0.1) is 23.5 Å². The van der Waals surface area contributed by atoms with Crippen LogP contribution in [0.2, 0.25) is 5.02 Å². The maximum Gasteiger partial charge on any atom is 0.230 e. The van der Waals surface area contributed by atoms with Crippen molar-refractivity contribution in [1.29, 1.82) is 0 Å². The molecule has 1 aliphatic heterocycles. The van der Waals surface area contributed by atoms with Gasteiger partial charge in [-0.3, -0.25) is 9.69 Å². The number of benzene rings is 2. The third kappa shape index (κ3) is 4.41. The number of aliphatic imine (C=N–C) groups is 1. The fourth-order valence-electron chi connectivity index (χ4n) is 2.37. The zero-order valence-electron chi connectivity index (χ0n) is 13.1. The lowest BCUT2D eigenvalue weighted by atomic mass is 10.2. The smallest absolute Gasteiger partial charge is 0.230 e. The van der Waals surface area contributed by atoms with Crippen LogP contribution in [0.1, 0.15) is 12.0 Å². The molecule has 128 valence electrons. The summed E-state index contributed by atoms with van der Waals surface area (Å²) >= 11 is 6.90. The molecule has 5 nitrogen and oxygen atoms in total. The van der Waals surface area contributed by atoms with Crippen molar-refractivity contribution in [3.05, 3.63) is 65.2 Å². The Morgan fingerprint density at radius 3 is 2.52 bits per heavy atom. The lowest BCUT2D eigenvalue weighted by Gasteiger charge is -2.32. The molecule has 2 aromatic carbocycles. The number of nitrogens with zero attached hydrogens (tertiary/aromatic N) is 2. The number of carboxylic acid groups (broad SMARTS) is 1. The van der Waals surface area contributed by atoms with Crippen LogP contribution < -0.4 is 5.11 Å². The second kappa shape index (κ2) is 7.72. The van der Waals surface area contributed by atoms with E-state index in [2.05, 4.69) is 4.99 Å². The summed E-state index contributed by atoms with van der Waals surface area (Å²) in [6.45, 7) is 0.332. The van der Waals surface area contributed by atoms with Gasteiger partial charge < -0.3 is 9.90 Å². The molecule has 25 heavy (non-hydrogen) atoms. The molecule has 0 spiro atoms. The number of hydrogen-bond acceptors (Lipinski definition) is 5. The van der Waals surface area contributed by atoms with E-state index in [4.69, 9.17) is 11.6 Å². The molecule has 1 heterocycles. The first kappa shape index (κ1) is 17.5. The summed E-state index contributed by atoms with van der Waals surface area (Å²) in [5, 5.41) is 11.2. The molecule has 0 N–H and O–H groups in total. The normalized spacial score (nSPS) is 19.2. The summed E-state index contributed by atoms with van der Waals surface area (Å²) in [5.74, 6) is -1.55. The van der Waals surface area contributed by atoms with Crippen molar-refractivity contribution in [2.24, 2.45) is 4.99 Å². The number of thioether (sulfide) groups is 1. The van der Waals surface area contributed by atoms with Crippen molar-refractivity contribution >= 4 is 46.1 Å². The number of carbonyl (C=O) groups is 2. The predicted octanol–water partition coefficient (Wildman–Crippen LogP) is 2.61. The second-order valence-electron chi connectivity index (χ2n) is 5.47. The monoisotopic (exact) mass is 373 g/mol. The Morgan fingerprint density at radius 1 is 1.20 bits per heavy atom. The lowest BCUT2D eigenvalue weighted by molar-refractivity contribution is -0.304. The summed E-state index contributed by atoms with van der Waals surface area (Å²) in [4.78, 5) is 29.7. The minimum absolute atomic E-state index is 0.112. The van der Waals surface area contributed by atoms with Crippen LogP contribution >= 0.6 is 23.4 Å². The third-order valence-corrected chi connectivity index (χ3v) is 5.06. The summed E-state index contributed by atoms with van der Waals surface area (Å²) in [6, 6.07) is 16.3. The first-order valence-corrected chi connectivity index (χ1v) is 8.85. The van der Waals surface area contributed by atoms with E-state index in [-0.39, 0.29) is 12.3 Å². The molecule has 1 amide bonds. The summed E-state index contributed by atoms with van der Waals surface area (Å²) in [6.07, 6.45) is -0.112. The average Bonchev–Trinajstić information content (AvgIpc) is 2.60. The van der Waals surface area contributed by atoms with Gasteiger partial charge in [-0.15, -0.1) is 0 Å². The molecule has 1 aliphatic rings. The van der Waals surface area contributed by atoms with E-state index in [9.17, 15) is 14.7 Å². The van der Waals surface area contributed by atoms with E-state index in [0.717, 1.165) is 17.3 Å². The average molecular weight is 374 g/mol. The molecule has 0 aliphatic carbocycles. The summed E-state index contributed by atoms with van der Waals surface area (Å²) in [5.41, 5.74) is 1.53. The zero-order chi connectivity index (χ0) is 17.8. The third-order valence-electron chi connectivity index (χ3n) is 3.64. The molecule has 0 aromatic heterocycles. The Balaban J connectivity index is 1.93. The Morgan fingerprint density at radius 2 is 1.88 bits per heavy atom. The number of amides is 1. The Kier molecular flexibility index (Phi) is 5.40. The first-order valence-electron chi connectivity index (χ1n) is 7.59. The molecule has 1 fully saturated rings. The van der Waals surface area contributed by atoms with E-state index in [0.29, 0.717) is 22.4 Å². The second-order valence-corrected chi connectivity index (χ2v) is 7.07. The fourth-order valence-corrected chi connectivity index (χ4v) is 3.53. The van der Waals surface area contributed by atoms with Gasteiger partial charge in [0.2, 0.25) is 5.91 Å². The van der Waals surface area contributed by atoms with Crippen LogP contribution in [-0.4, -0.2) is 27.2 Å². The fraction of sp³-hybridized carbons (Fsp3) is 0.167. The quantitative estimate of drug-likeness (QED) is 0.825. The van der Waals surface area contributed by atoms with Crippen molar-refractivity contribution in [3.63, 3.8) is 0 Å². The minimum Gasteiger partial charge on any atom is -0.549 e. The molecular weight excluding hydrogens is 360 g/mol. The zero-order valence-corrected chi connectivity index (χ0v) is 14.7. The van der Waals surface area contributed by atoms with Crippen molar-refractivity contribution in [1.82, 2.24) is 4.90 Å². The van der Waals surface area contributed by atoms with E-state index >= 15 is 0 Å². The number of hydrogen-bond donors (Lipinski definition) is 0. The Bertz CT molecular complexity index is 809. The number of amidine groups is 1. The molecule has 1 saturated heterocycles. The van der Waals surface area contributed by atoms with Crippen LogP contribution in [0.3, 0.4) is 0 Å². The highest BCUT2D eigenvalue weighted by molar-refractivity contribution is 8.15. The van der Waals surface area contributed by atoms with E-state index in [1.807, 2.05) is 30.3 Å². The maximum absolute atomic E-state index is 12.5. The minimum atomic E-state index is -1.26. The van der Waals surface area contributed by atoms with Gasteiger partial charge in [-0.1, -0.05) is 53.7 Å². The highest BCUT2D eigenvalue weighted by Crippen LogP contribution is 2.30. The van der Waals surface area contributed by atoms with E-state index in [1.54, 1.807) is 24.3 Å². The van der Waals surface area contributed by atoms with Gasteiger partial charge in [0.25, 0.3) is 0 Å². The van der Waals surface area contributed by atoms with Crippen molar-refractivity contribution in [2.75, 3.05) is 0 Å². The first-order chi connectivity index (χ1) is 12.0.